The molecule has 178 valence electrons. The maximum atomic E-state index is 13.0. The van der Waals surface area contributed by atoms with Crippen LogP contribution >= 0.6 is 0 Å². The van der Waals surface area contributed by atoms with Crippen molar-refractivity contribution in [2.45, 2.75) is 33.1 Å². The van der Waals surface area contributed by atoms with Crippen LogP contribution in [-0.4, -0.2) is 51.3 Å². The van der Waals surface area contributed by atoms with E-state index >= 15 is 0 Å². The van der Waals surface area contributed by atoms with Crippen molar-refractivity contribution in [1.82, 2.24) is 5.32 Å². The minimum absolute atomic E-state index is 0.102. The Kier molecular flexibility index (Phi) is 9.57. The highest BCUT2D eigenvalue weighted by Crippen LogP contribution is 2.28. The van der Waals surface area contributed by atoms with Crippen LogP contribution in [0.25, 0.3) is 0 Å². The third-order valence-corrected chi connectivity index (χ3v) is 5.72. The largest absolute Gasteiger partial charge is 0.484 e. The number of hydrogen-bond donors (Lipinski definition) is 2. The highest BCUT2D eigenvalue weighted by Gasteiger charge is 2.22. The van der Waals surface area contributed by atoms with Gasteiger partial charge in [-0.15, -0.1) is 0 Å². The second-order valence-electron chi connectivity index (χ2n) is 8.36. The smallest absolute Gasteiger partial charge is 0.262 e. The van der Waals surface area contributed by atoms with Gasteiger partial charge < -0.3 is 25.0 Å². The van der Waals surface area contributed by atoms with Gasteiger partial charge in [-0.25, -0.2) is 0 Å². The lowest BCUT2D eigenvalue weighted by Gasteiger charge is -2.33. The van der Waals surface area contributed by atoms with Crippen molar-refractivity contribution in [1.29, 1.82) is 0 Å². The molecule has 0 saturated carbocycles. The number of carbonyl (C=O) groups excluding carboxylic acids is 2. The van der Waals surface area contributed by atoms with E-state index in [1.807, 2.05) is 37.3 Å². The number of carbonyl (C=O) groups is 2. The highest BCUT2D eigenvalue weighted by molar-refractivity contribution is 6.02. The van der Waals surface area contributed by atoms with E-state index in [0.717, 1.165) is 38.0 Å². The quantitative estimate of drug-likeness (QED) is 0.501. The molecule has 1 saturated heterocycles. The van der Waals surface area contributed by atoms with Crippen molar-refractivity contribution >= 4 is 23.2 Å². The Bertz CT molecular complexity index is 896. The van der Waals surface area contributed by atoms with Crippen molar-refractivity contribution < 1.29 is 19.1 Å². The number of piperidine rings is 1. The predicted octanol–water partition coefficient (Wildman–Crippen LogP) is 4.10. The first-order chi connectivity index (χ1) is 16.1. The van der Waals surface area contributed by atoms with Crippen LogP contribution < -0.4 is 20.3 Å². The Morgan fingerprint density at radius 2 is 1.85 bits per heavy atom. The summed E-state index contributed by atoms with van der Waals surface area (Å²) < 4.78 is 10.9. The zero-order chi connectivity index (χ0) is 23.5. The monoisotopic (exact) mass is 453 g/mol. The average molecular weight is 454 g/mol. The van der Waals surface area contributed by atoms with Gasteiger partial charge in [0.05, 0.1) is 5.56 Å². The van der Waals surface area contributed by atoms with E-state index in [9.17, 15) is 9.59 Å². The molecule has 0 bridgehead atoms. The number of hydrogen-bond acceptors (Lipinski definition) is 5. The zero-order valence-corrected chi connectivity index (χ0v) is 19.6. The van der Waals surface area contributed by atoms with E-state index < -0.39 is 0 Å². The first-order valence-corrected chi connectivity index (χ1v) is 11.8. The Labute approximate surface area is 196 Å². The lowest BCUT2D eigenvalue weighted by atomic mass is 9.97. The fraction of sp³-hybridized carbons (Fsp3) is 0.462. The molecule has 1 heterocycles. The molecule has 33 heavy (non-hydrogen) atoms. The fourth-order valence-corrected chi connectivity index (χ4v) is 3.80. The van der Waals surface area contributed by atoms with Gasteiger partial charge in [0, 0.05) is 44.2 Å². The number of amides is 2. The van der Waals surface area contributed by atoms with Gasteiger partial charge in [0.15, 0.2) is 6.61 Å². The van der Waals surface area contributed by atoms with E-state index in [2.05, 4.69) is 22.5 Å². The van der Waals surface area contributed by atoms with Gasteiger partial charge in [0.25, 0.3) is 11.8 Å². The van der Waals surface area contributed by atoms with Crippen molar-refractivity contribution in [3.63, 3.8) is 0 Å². The second kappa shape index (κ2) is 12.8. The summed E-state index contributed by atoms with van der Waals surface area (Å²) in [6, 6.07) is 14.7. The summed E-state index contributed by atoms with van der Waals surface area (Å²) in [4.78, 5) is 27.7. The van der Waals surface area contributed by atoms with Gasteiger partial charge in [-0.1, -0.05) is 25.1 Å². The van der Waals surface area contributed by atoms with Crippen LogP contribution in [0.5, 0.6) is 5.75 Å². The topological polar surface area (TPSA) is 79.9 Å². The molecule has 2 amide bonds. The molecule has 7 heteroatoms. The SMILES string of the molecule is CCOCCCNC(=O)c1cc(NC(=O)COc2ccccc2)ccc1N1CCC(C)CC1. The molecule has 0 aromatic heterocycles. The first-order valence-electron chi connectivity index (χ1n) is 11.8. The van der Waals surface area contributed by atoms with Crippen LogP contribution in [0, 0.1) is 5.92 Å². The average Bonchev–Trinajstić information content (AvgIpc) is 2.84. The second-order valence-corrected chi connectivity index (χ2v) is 8.36. The third kappa shape index (κ3) is 7.79. The summed E-state index contributed by atoms with van der Waals surface area (Å²) in [7, 11) is 0. The molecule has 0 aliphatic carbocycles. The normalized spacial score (nSPS) is 14.1. The summed E-state index contributed by atoms with van der Waals surface area (Å²) in [5, 5.41) is 5.84. The molecular weight excluding hydrogens is 418 g/mol. The van der Waals surface area contributed by atoms with Gasteiger partial charge in [-0.05, 0) is 62.4 Å². The van der Waals surface area contributed by atoms with Crippen LogP contribution in [0.15, 0.2) is 48.5 Å². The van der Waals surface area contributed by atoms with Gasteiger partial charge >= 0.3 is 0 Å². The Morgan fingerprint density at radius 1 is 1.09 bits per heavy atom. The standard InChI is InChI=1S/C26H35N3O4/c1-3-32-17-7-14-27-26(31)23-18-21(10-11-24(23)29-15-12-20(2)13-16-29)28-25(30)19-33-22-8-5-4-6-9-22/h4-6,8-11,18,20H,3,7,12-17,19H2,1-2H3,(H,27,31)(H,28,30). The van der Waals surface area contributed by atoms with Crippen LogP contribution in [0.4, 0.5) is 11.4 Å². The Morgan fingerprint density at radius 3 is 2.58 bits per heavy atom. The molecular formula is C26H35N3O4. The Balaban J connectivity index is 1.67. The first kappa shape index (κ1) is 24.6. The van der Waals surface area contributed by atoms with E-state index in [-0.39, 0.29) is 18.4 Å². The fourth-order valence-electron chi connectivity index (χ4n) is 3.80. The van der Waals surface area contributed by atoms with Crippen molar-refractivity contribution in [3.05, 3.63) is 54.1 Å². The van der Waals surface area contributed by atoms with Crippen molar-refractivity contribution in [2.75, 3.05) is 49.7 Å². The zero-order valence-electron chi connectivity index (χ0n) is 19.6. The molecule has 1 aliphatic heterocycles. The van der Waals surface area contributed by atoms with Crippen LogP contribution in [0.1, 0.15) is 43.5 Å². The number of benzene rings is 2. The van der Waals surface area contributed by atoms with Crippen LogP contribution in [0.2, 0.25) is 0 Å². The van der Waals surface area contributed by atoms with Gasteiger partial charge in [-0.3, -0.25) is 9.59 Å². The molecule has 0 radical (unpaired) electrons. The van der Waals surface area contributed by atoms with Gasteiger partial charge in [0.2, 0.25) is 0 Å². The molecule has 1 aliphatic rings. The molecule has 2 aromatic carbocycles. The molecule has 2 N–H and O–H groups in total. The number of nitrogens with zero attached hydrogens (tertiary/aromatic N) is 1. The number of ether oxygens (including phenoxy) is 2. The van der Waals surface area contributed by atoms with E-state index in [0.29, 0.717) is 42.7 Å². The van der Waals surface area contributed by atoms with E-state index in [1.54, 1.807) is 18.2 Å². The van der Waals surface area contributed by atoms with E-state index in [1.165, 1.54) is 0 Å². The molecule has 1 fully saturated rings. The van der Waals surface area contributed by atoms with Gasteiger partial charge in [-0.2, -0.15) is 0 Å². The lowest BCUT2D eigenvalue weighted by molar-refractivity contribution is -0.118. The predicted molar refractivity (Wildman–Crippen MR) is 131 cm³/mol. The molecule has 0 unspecified atom stereocenters. The molecule has 3 rings (SSSR count). The molecule has 7 nitrogen and oxygen atoms in total. The van der Waals surface area contributed by atoms with Gasteiger partial charge in [0.1, 0.15) is 5.75 Å². The number of para-hydroxylation sites is 1. The van der Waals surface area contributed by atoms with Crippen LogP contribution in [-0.2, 0) is 9.53 Å². The Hall–Kier alpha value is -3.06. The third-order valence-electron chi connectivity index (χ3n) is 5.72. The maximum absolute atomic E-state index is 13.0. The van der Waals surface area contributed by atoms with Crippen molar-refractivity contribution in [2.24, 2.45) is 5.92 Å². The summed E-state index contributed by atoms with van der Waals surface area (Å²) in [5.41, 5.74) is 2.05. The molecule has 0 spiro atoms. The maximum Gasteiger partial charge on any atom is 0.262 e. The van der Waals surface area contributed by atoms with Crippen molar-refractivity contribution in [3.8, 4) is 5.75 Å². The minimum Gasteiger partial charge on any atom is -0.484 e. The molecule has 2 aromatic rings. The number of anilines is 2. The highest BCUT2D eigenvalue weighted by atomic mass is 16.5. The molecule has 0 atom stereocenters. The number of rotatable bonds is 11. The summed E-state index contributed by atoms with van der Waals surface area (Å²) in [5.74, 6) is 0.910. The number of nitrogens with one attached hydrogen (secondary N) is 2. The summed E-state index contributed by atoms with van der Waals surface area (Å²) in [6.45, 7) is 7.78. The van der Waals surface area contributed by atoms with Crippen LogP contribution in [0.3, 0.4) is 0 Å². The summed E-state index contributed by atoms with van der Waals surface area (Å²) in [6.07, 6.45) is 2.96. The van der Waals surface area contributed by atoms with E-state index in [4.69, 9.17) is 9.47 Å². The lowest BCUT2D eigenvalue weighted by Crippen LogP contribution is -2.35. The minimum atomic E-state index is -0.276. The summed E-state index contributed by atoms with van der Waals surface area (Å²) >= 11 is 0.